The summed E-state index contributed by atoms with van der Waals surface area (Å²) in [6.07, 6.45) is 56.6. The average Bonchev–Trinajstić information content (AvgIpc) is 3.23. The van der Waals surface area contributed by atoms with Gasteiger partial charge in [-0.05, 0) is 83.5 Å². The van der Waals surface area contributed by atoms with Crippen LogP contribution in [0.1, 0.15) is 252 Å². The van der Waals surface area contributed by atoms with Crippen molar-refractivity contribution in [1.29, 1.82) is 0 Å². The Morgan fingerprint density at radius 2 is 0.610 bits per heavy atom. The van der Waals surface area contributed by atoms with Gasteiger partial charge in [-0.3, -0.25) is 14.4 Å². The minimum absolute atomic E-state index is 0.0830. The summed E-state index contributed by atoms with van der Waals surface area (Å²) >= 11 is 0. The first-order valence-electron chi connectivity index (χ1n) is 25.1. The van der Waals surface area contributed by atoms with E-state index in [1.54, 1.807) is 0 Å². The van der Waals surface area contributed by atoms with Gasteiger partial charge < -0.3 is 14.2 Å². The molecule has 1 atom stereocenters. The summed E-state index contributed by atoms with van der Waals surface area (Å²) in [5, 5.41) is 0. The number of hydrogen-bond acceptors (Lipinski definition) is 6. The molecule has 0 aromatic rings. The second-order valence-corrected chi connectivity index (χ2v) is 16.7. The van der Waals surface area contributed by atoms with Crippen LogP contribution in [0.3, 0.4) is 0 Å². The van der Waals surface area contributed by atoms with Crippen molar-refractivity contribution in [3.63, 3.8) is 0 Å². The highest BCUT2D eigenvalue weighted by molar-refractivity contribution is 5.71. The summed E-state index contributed by atoms with van der Waals surface area (Å²) < 4.78 is 16.7. The summed E-state index contributed by atoms with van der Waals surface area (Å²) in [7, 11) is 0. The molecule has 0 unspecified atom stereocenters. The lowest BCUT2D eigenvalue weighted by Crippen LogP contribution is -2.30. The Labute approximate surface area is 365 Å². The van der Waals surface area contributed by atoms with E-state index < -0.39 is 6.10 Å². The van der Waals surface area contributed by atoms with Gasteiger partial charge in [0.2, 0.25) is 0 Å². The van der Waals surface area contributed by atoms with Crippen LogP contribution in [0, 0.1) is 0 Å². The Bertz CT molecular complexity index is 1040. The Kier molecular flexibility index (Phi) is 45.9. The van der Waals surface area contributed by atoms with Gasteiger partial charge in [0.1, 0.15) is 13.2 Å². The molecular weight excluding hydrogens is 733 g/mol. The number of carbonyl (C=O) groups excluding carboxylic acids is 3. The van der Waals surface area contributed by atoms with Crippen molar-refractivity contribution in [1.82, 2.24) is 0 Å². The lowest BCUT2D eigenvalue weighted by atomic mass is 10.1. The van der Waals surface area contributed by atoms with Crippen molar-refractivity contribution < 1.29 is 28.6 Å². The van der Waals surface area contributed by atoms with Crippen molar-refractivity contribution in [2.24, 2.45) is 0 Å². The summed E-state index contributed by atoms with van der Waals surface area (Å²) in [4.78, 5) is 37.9. The van der Waals surface area contributed by atoms with E-state index in [0.29, 0.717) is 19.3 Å². The molecule has 0 rings (SSSR count). The molecule has 342 valence electrons. The third-order valence-electron chi connectivity index (χ3n) is 10.8. The lowest BCUT2D eigenvalue weighted by Gasteiger charge is -2.18. The molecule has 0 aliphatic carbocycles. The molecule has 0 spiro atoms. The molecule has 0 aromatic carbocycles. The number of rotatable bonds is 45. The van der Waals surface area contributed by atoms with Gasteiger partial charge in [0.05, 0.1) is 0 Å². The zero-order chi connectivity index (χ0) is 43.0. The number of ether oxygens (including phenoxy) is 3. The van der Waals surface area contributed by atoms with Crippen molar-refractivity contribution in [3.05, 3.63) is 48.6 Å². The SMILES string of the molecule is CCCCC/C=C\C/C=C\C/C=C\CCCCCCC(=O)O[C@H](COC(=O)CCCCCCC/C=C\CCCCCC)COC(=O)CCCCCCCCCCCCC. The quantitative estimate of drug-likeness (QED) is 0.0263. The normalized spacial score (nSPS) is 12.4. The van der Waals surface area contributed by atoms with E-state index >= 15 is 0 Å². The van der Waals surface area contributed by atoms with Crippen LogP contribution >= 0.6 is 0 Å². The summed E-state index contributed by atoms with van der Waals surface area (Å²) in [5.74, 6) is -0.910. The van der Waals surface area contributed by atoms with Crippen LogP contribution in [0.5, 0.6) is 0 Å². The van der Waals surface area contributed by atoms with Gasteiger partial charge in [0, 0.05) is 19.3 Å². The highest BCUT2D eigenvalue weighted by Gasteiger charge is 2.19. The first-order valence-corrected chi connectivity index (χ1v) is 25.1. The third-order valence-corrected chi connectivity index (χ3v) is 10.8. The summed E-state index contributed by atoms with van der Waals surface area (Å²) in [6, 6.07) is 0. The van der Waals surface area contributed by atoms with E-state index in [4.69, 9.17) is 14.2 Å². The number of unbranched alkanes of at least 4 members (excludes halogenated alkanes) is 26. The smallest absolute Gasteiger partial charge is 0.306 e. The van der Waals surface area contributed by atoms with E-state index in [9.17, 15) is 14.4 Å². The molecule has 0 saturated carbocycles. The molecule has 0 amide bonds. The fourth-order valence-electron chi connectivity index (χ4n) is 6.97. The van der Waals surface area contributed by atoms with E-state index in [0.717, 1.165) is 89.9 Å². The Morgan fingerprint density at radius 1 is 0.339 bits per heavy atom. The number of hydrogen-bond donors (Lipinski definition) is 0. The molecule has 0 fully saturated rings. The Morgan fingerprint density at radius 3 is 1.02 bits per heavy atom. The van der Waals surface area contributed by atoms with Gasteiger partial charge in [-0.25, -0.2) is 0 Å². The van der Waals surface area contributed by atoms with Gasteiger partial charge in [-0.15, -0.1) is 0 Å². The van der Waals surface area contributed by atoms with Crippen LogP contribution in [-0.2, 0) is 28.6 Å². The van der Waals surface area contributed by atoms with E-state index in [1.165, 1.54) is 122 Å². The molecule has 0 saturated heterocycles. The first-order chi connectivity index (χ1) is 29.0. The molecule has 0 aliphatic rings. The van der Waals surface area contributed by atoms with Crippen LogP contribution in [0.4, 0.5) is 0 Å². The predicted octanol–water partition coefficient (Wildman–Crippen LogP) is 16.3. The van der Waals surface area contributed by atoms with Gasteiger partial charge in [-0.1, -0.05) is 198 Å². The molecule has 59 heavy (non-hydrogen) atoms. The maximum absolute atomic E-state index is 12.8. The summed E-state index contributed by atoms with van der Waals surface area (Å²) in [6.45, 7) is 6.57. The molecule has 0 bridgehead atoms. The average molecular weight is 827 g/mol. The van der Waals surface area contributed by atoms with Crippen molar-refractivity contribution in [2.75, 3.05) is 13.2 Å². The number of allylic oxidation sites excluding steroid dienone is 8. The molecule has 0 heterocycles. The maximum Gasteiger partial charge on any atom is 0.306 e. The number of esters is 3. The topological polar surface area (TPSA) is 78.9 Å². The molecule has 0 radical (unpaired) electrons. The molecule has 0 N–H and O–H groups in total. The van der Waals surface area contributed by atoms with Gasteiger partial charge in [0.25, 0.3) is 0 Å². The van der Waals surface area contributed by atoms with Crippen molar-refractivity contribution in [2.45, 2.75) is 258 Å². The highest BCUT2D eigenvalue weighted by atomic mass is 16.6. The van der Waals surface area contributed by atoms with Crippen LogP contribution < -0.4 is 0 Å². The molecule has 0 aromatic heterocycles. The standard InChI is InChI=1S/C53H94O6/c1-4-7-10-13-16-19-22-24-25-26-27-29-32-35-38-41-44-47-53(56)59-50(48-57-51(54)45-42-39-36-33-30-21-18-15-12-9-6-3)49-58-52(55)46-43-40-37-34-31-28-23-20-17-14-11-8-5-2/h16,19-20,23-25,27,29,50H,4-15,17-18,21-22,26,28,30-49H2,1-3H3/b19-16-,23-20-,25-24-,29-27-/t50-/m0/s1. The first kappa shape index (κ1) is 56.4. The fraction of sp³-hybridized carbons (Fsp3) is 0.792. The largest absolute Gasteiger partial charge is 0.462 e. The molecular formula is C53H94O6. The maximum atomic E-state index is 12.8. The fourth-order valence-corrected chi connectivity index (χ4v) is 6.97. The molecule has 0 aliphatic heterocycles. The second kappa shape index (κ2) is 48.0. The zero-order valence-corrected chi connectivity index (χ0v) is 39.0. The van der Waals surface area contributed by atoms with Crippen LogP contribution in [0.15, 0.2) is 48.6 Å². The Hall–Kier alpha value is -2.63. The van der Waals surface area contributed by atoms with E-state index in [-0.39, 0.29) is 31.1 Å². The molecule has 6 heteroatoms. The lowest BCUT2D eigenvalue weighted by molar-refractivity contribution is -0.167. The minimum atomic E-state index is -0.784. The van der Waals surface area contributed by atoms with E-state index in [1.807, 2.05) is 0 Å². The second-order valence-electron chi connectivity index (χ2n) is 16.7. The summed E-state index contributed by atoms with van der Waals surface area (Å²) in [5.41, 5.74) is 0. The van der Waals surface area contributed by atoms with Crippen LogP contribution in [0.2, 0.25) is 0 Å². The minimum Gasteiger partial charge on any atom is -0.462 e. The van der Waals surface area contributed by atoms with Crippen LogP contribution in [0.25, 0.3) is 0 Å². The molecule has 6 nitrogen and oxygen atoms in total. The monoisotopic (exact) mass is 827 g/mol. The van der Waals surface area contributed by atoms with Crippen molar-refractivity contribution >= 4 is 17.9 Å². The van der Waals surface area contributed by atoms with Crippen molar-refractivity contribution in [3.8, 4) is 0 Å². The van der Waals surface area contributed by atoms with Gasteiger partial charge >= 0.3 is 17.9 Å². The number of carbonyl (C=O) groups is 3. The van der Waals surface area contributed by atoms with Crippen LogP contribution in [-0.4, -0.2) is 37.2 Å². The highest BCUT2D eigenvalue weighted by Crippen LogP contribution is 2.14. The van der Waals surface area contributed by atoms with Gasteiger partial charge in [-0.2, -0.15) is 0 Å². The Balaban J connectivity index is 4.42. The third kappa shape index (κ3) is 46.3. The van der Waals surface area contributed by atoms with Gasteiger partial charge in [0.15, 0.2) is 6.10 Å². The van der Waals surface area contributed by atoms with E-state index in [2.05, 4.69) is 69.4 Å². The zero-order valence-electron chi connectivity index (χ0n) is 39.0. The predicted molar refractivity (Wildman–Crippen MR) is 252 cm³/mol.